The summed E-state index contributed by atoms with van der Waals surface area (Å²) < 4.78 is 0. The van der Waals surface area contributed by atoms with Crippen LogP contribution in [-0.4, -0.2) is 60.0 Å². The Labute approximate surface area is 261 Å². The van der Waals surface area contributed by atoms with Gasteiger partial charge in [-0.1, -0.05) is 75.7 Å². The van der Waals surface area contributed by atoms with E-state index in [1.165, 1.54) is 0 Å². The fourth-order valence-electron chi connectivity index (χ4n) is 3.68. The second kappa shape index (κ2) is 18.1. The summed E-state index contributed by atoms with van der Waals surface area (Å²) in [4.78, 5) is 5.01. The summed E-state index contributed by atoms with van der Waals surface area (Å²) >= 11 is 0. The maximum absolute atomic E-state index is 5.36. The predicted octanol–water partition coefficient (Wildman–Crippen LogP) is 6.73. The Bertz CT molecular complexity index is 710. The number of nitrogens with zero attached hydrogens (tertiary/aromatic N) is 2. The number of halogens is 2. The van der Waals surface area contributed by atoms with E-state index in [4.69, 9.17) is 6.58 Å². The molecule has 2 rings (SSSR count). The summed E-state index contributed by atoms with van der Waals surface area (Å²) in [5, 5.41) is 2.29. The fraction of sp³-hybridized carbons (Fsp3) is 0.655. The minimum atomic E-state index is -1.36. The first-order valence-electron chi connectivity index (χ1n) is 12.4. The van der Waals surface area contributed by atoms with Gasteiger partial charge in [0.2, 0.25) is 0 Å². The average molecular weight is 695 g/mol. The van der Waals surface area contributed by atoms with Gasteiger partial charge >= 0.3 is 19.5 Å². The van der Waals surface area contributed by atoms with Crippen molar-refractivity contribution < 1.29 is 31.9 Å². The molecule has 0 amide bonds. The maximum Gasteiger partial charge on any atom is 1.00 e. The molecule has 1 aliphatic carbocycles. The van der Waals surface area contributed by atoms with Crippen LogP contribution in [0.15, 0.2) is 41.4 Å². The molecule has 0 fully saturated rings. The molecule has 0 aromatic carbocycles. The summed E-state index contributed by atoms with van der Waals surface area (Å²) in [7, 11) is -1.11. The number of hydrogen-bond acceptors (Lipinski definition) is 2. The van der Waals surface area contributed by atoms with Gasteiger partial charge in [0.25, 0.3) is 0 Å². The van der Waals surface area contributed by atoms with E-state index in [9.17, 15) is 0 Å². The van der Waals surface area contributed by atoms with Crippen LogP contribution in [0.5, 0.6) is 0 Å². The second-order valence-corrected chi connectivity index (χ2v) is 25.1. The molecule has 8 heteroatoms. The van der Waals surface area contributed by atoms with Crippen molar-refractivity contribution in [3.8, 4) is 0 Å². The molecule has 0 saturated heterocycles. The molecule has 0 bridgehead atoms. The third kappa shape index (κ3) is 18.6. The first kappa shape index (κ1) is 44.6. The van der Waals surface area contributed by atoms with Gasteiger partial charge in [0.1, 0.15) is 14.7 Å². The Morgan fingerprint density at radius 3 is 1.46 bits per heavy atom. The number of allylic oxidation sites excluding steroid dienone is 5. The van der Waals surface area contributed by atoms with Crippen molar-refractivity contribution in [2.75, 3.05) is 26.3 Å². The molecule has 0 unspecified atom stereocenters. The molecule has 1 heterocycles. The average Bonchev–Trinajstić information content (AvgIpc) is 3.03. The predicted molar refractivity (Wildman–Crippen MR) is 173 cm³/mol. The molecule has 2 nitrogen and oxygen atoms in total. The SMILES string of the molecule is CC(C)(C)N1[CH]N(CP(C(C)(C)C)C(C)(C)C)C=C1[Si](C)(C)C.CP(C)C.Cl.[CH+]=C1C=C[CH-]C=C1.[Cl-].[Ru+]. The van der Waals surface area contributed by atoms with Crippen molar-refractivity contribution in [2.45, 2.75) is 97.8 Å². The quantitative estimate of drug-likeness (QED) is 0.184. The molecule has 0 atom stereocenters. The van der Waals surface area contributed by atoms with Crippen LogP contribution in [0.2, 0.25) is 19.6 Å². The van der Waals surface area contributed by atoms with Gasteiger partial charge in [0, 0.05) is 23.3 Å². The molecule has 1 aliphatic heterocycles. The zero-order chi connectivity index (χ0) is 27.1. The molecule has 0 aromatic rings. The van der Waals surface area contributed by atoms with E-state index in [1.807, 2.05) is 30.7 Å². The smallest absolute Gasteiger partial charge is 1.00 e. The minimum absolute atomic E-state index is 0. The largest absolute Gasteiger partial charge is 1.00 e. The Balaban J connectivity index is -0.000000325. The molecule has 2 radical (unpaired) electrons. The van der Waals surface area contributed by atoms with Crippen molar-refractivity contribution in [1.82, 2.24) is 9.80 Å². The van der Waals surface area contributed by atoms with E-state index < -0.39 is 8.07 Å². The monoisotopic (exact) mass is 694 g/mol. The van der Waals surface area contributed by atoms with Gasteiger partial charge in [-0.2, -0.15) is 18.6 Å². The Morgan fingerprint density at radius 2 is 1.24 bits per heavy atom. The molecule has 0 saturated carbocycles. The summed E-state index contributed by atoms with van der Waals surface area (Å²) in [5.74, 6) is 0. The van der Waals surface area contributed by atoms with Crippen molar-refractivity contribution >= 4 is 36.3 Å². The number of hydrogen-bond donors (Lipinski definition) is 0. The summed E-state index contributed by atoms with van der Waals surface area (Å²) in [6.45, 7) is 43.2. The van der Waals surface area contributed by atoms with Crippen LogP contribution in [0.3, 0.4) is 0 Å². The van der Waals surface area contributed by atoms with Crippen LogP contribution in [-0.2, 0) is 19.5 Å². The zero-order valence-corrected chi connectivity index (χ0v) is 32.4. The third-order valence-electron chi connectivity index (χ3n) is 5.03. The van der Waals surface area contributed by atoms with E-state index >= 15 is 0 Å². The van der Waals surface area contributed by atoms with Crippen LogP contribution in [0.4, 0.5) is 0 Å². The normalized spacial score (nSPS) is 15.4. The molecular formula is C29H56Cl2N2P2RuSi. The van der Waals surface area contributed by atoms with Gasteiger partial charge < -0.3 is 22.2 Å². The Morgan fingerprint density at radius 1 is 0.865 bits per heavy atom. The second-order valence-electron chi connectivity index (χ2n) is 13.6. The molecule has 0 spiro atoms. The third-order valence-corrected chi connectivity index (χ3v) is 10.8. The topological polar surface area (TPSA) is 6.48 Å². The molecule has 0 N–H and O–H groups in total. The summed E-state index contributed by atoms with van der Waals surface area (Å²) in [6, 6.07) is 0. The van der Waals surface area contributed by atoms with Crippen molar-refractivity contribution in [2.24, 2.45) is 0 Å². The summed E-state index contributed by atoms with van der Waals surface area (Å²) in [5.41, 5.74) is 0.968. The first-order valence-corrected chi connectivity index (χ1v) is 20.1. The van der Waals surface area contributed by atoms with Gasteiger partial charge in [-0.05, 0) is 56.7 Å². The van der Waals surface area contributed by atoms with Crippen LogP contribution >= 0.6 is 28.3 Å². The van der Waals surface area contributed by atoms with Crippen LogP contribution in [0, 0.1) is 19.7 Å². The molecule has 2 aliphatic rings. The van der Waals surface area contributed by atoms with Crippen molar-refractivity contribution in [3.05, 3.63) is 61.1 Å². The maximum atomic E-state index is 5.36. The summed E-state index contributed by atoms with van der Waals surface area (Å²) in [6.07, 6.45) is 13.1. The van der Waals surface area contributed by atoms with E-state index in [2.05, 4.69) is 125 Å². The van der Waals surface area contributed by atoms with E-state index in [0.717, 1.165) is 11.9 Å². The standard InChI is InChI=1S/C19H40N2PSi.C7H6.C3H9P.2ClH.Ru/c1-17(2,3)21-14-20(13-16(21)23(10,11)12)15-22(18(4,5)6)19(7,8)9;1-7-5-3-2-4-6-7;1-4(2)3;;;/h13-14H,15H2,1-12H3;1-6H;1-3H3;2*1H;/q;;;;;+1/p-1. The number of rotatable bonds is 3. The first-order chi connectivity index (χ1) is 15.1. The molecule has 0 aromatic heterocycles. The van der Waals surface area contributed by atoms with E-state index in [1.54, 1.807) is 5.32 Å². The van der Waals surface area contributed by atoms with Crippen LogP contribution < -0.4 is 12.4 Å². The molecular weight excluding hydrogens is 638 g/mol. The van der Waals surface area contributed by atoms with Gasteiger partial charge in [-0.25, -0.2) is 0 Å². The van der Waals surface area contributed by atoms with Gasteiger partial charge in [0.15, 0.2) is 0 Å². The Hall–Kier alpha value is 0.620. The molecule has 218 valence electrons. The van der Waals surface area contributed by atoms with Crippen LogP contribution in [0.25, 0.3) is 0 Å². The van der Waals surface area contributed by atoms with Gasteiger partial charge in [-0.3, -0.25) is 0 Å². The Kier molecular flexibility index (Phi) is 21.9. The zero-order valence-electron chi connectivity index (χ0n) is 26.3. The van der Waals surface area contributed by atoms with E-state index in [-0.39, 0.29) is 57.8 Å². The van der Waals surface area contributed by atoms with Gasteiger partial charge in [0.05, 0.1) is 0 Å². The van der Waals surface area contributed by atoms with Crippen molar-refractivity contribution in [1.29, 1.82) is 0 Å². The van der Waals surface area contributed by atoms with Crippen LogP contribution in [0.1, 0.15) is 62.3 Å². The molecule has 37 heavy (non-hydrogen) atoms. The van der Waals surface area contributed by atoms with E-state index in [0.29, 0.717) is 18.2 Å². The fourth-order valence-corrected chi connectivity index (χ4v) is 8.69. The minimum Gasteiger partial charge on any atom is -1.00 e. The van der Waals surface area contributed by atoms with Gasteiger partial charge in [-0.15, -0.1) is 32.5 Å². The van der Waals surface area contributed by atoms with Crippen molar-refractivity contribution in [3.63, 3.8) is 0 Å².